The summed E-state index contributed by atoms with van der Waals surface area (Å²) in [5.74, 6) is 0.738. The summed E-state index contributed by atoms with van der Waals surface area (Å²) in [6, 6.07) is 21.1. The van der Waals surface area contributed by atoms with Crippen LogP contribution in [-0.4, -0.2) is 28.0 Å². The van der Waals surface area contributed by atoms with Crippen molar-refractivity contribution < 1.29 is 18.7 Å². The van der Waals surface area contributed by atoms with E-state index in [4.69, 9.17) is 9.47 Å². The molecule has 0 saturated heterocycles. The van der Waals surface area contributed by atoms with E-state index in [0.29, 0.717) is 35.8 Å². The van der Waals surface area contributed by atoms with Gasteiger partial charge in [-0.25, -0.2) is 9.07 Å². The highest BCUT2D eigenvalue weighted by Crippen LogP contribution is 2.28. The van der Waals surface area contributed by atoms with Crippen molar-refractivity contribution in [3.05, 3.63) is 102 Å². The maximum Gasteiger partial charge on any atom is 0.224 e. The van der Waals surface area contributed by atoms with Gasteiger partial charge in [0.05, 0.1) is 25.4 Å². The molecule has 1 aromatic heterocycles. The molecule has 0 saturated carbocycles. The zero-order chi connectivity index (χ0) is 23.0. The average molecular weight is 446 g/mol. The minimum absolute atomic E-state index is 0.0512. The number of hydrogen-bond acceptors (Lipinski definition) is 5. The van der Waals surface area contributed by atoms with E-state index in [2.05, 4.69) is 15.6 Å². The lowest BCUT2D eigenvalue weighted by Gasteiger charge is -2.12. The van der Waals surface area contributed by atoms with Gasteiger partial charge in [0, 0.05) is 6.54 Å². The molecule has 1 heterocycles. The first-order valence-corrected chi connectivity index (χ1v) is 10.4. The second kappa shape index (κ2) is 10.4. The number of nitrogens with one attached hydrogen (secondary N) is 1. The summed E-state index contributed by atoms with van der Waals surface area (Å²) in [4.78, 5) is 12.2. The minimum Gasteiger partial charge on any atom is -0.493 e. The van der Waals surface area contributed by atoms with Crippen LogP contribution in [-0.2, 0) is 24.4 Å². The van der Waals surface area contributed by atoms with Crippen LogP contribution in [0, 0.1) is 5.82 Å². The molecule has 0 radical (unpaired) electrons. The molecule has 0 aliphatic rings. The standard InChI is InChI=1S/C25H23FN4O3/c1-32-24-13-19(15-27-25(31)14-18-5-3-2-4-6-18)7-12-23(24)33-17-21-16-30(29-28-21)22-10-8-20(26)9-11-22/h2-13,16H,14-15,17H2,1H3,(H,27,31). The van der Waals surface area contributed by atoms with Crippen LogP contribution in [0.4, 0.5) is 4.39 Å². The number of halogens is 1. The summed E-state index contributed by atoms with van der Waals surface area (Å²) in [7, 11) is 1.56. The van der Waals surface area contributed by atoms with Crippen molar-refractivity contribution in [2.24, 2.45) is 0 Å². The van der Waals surface area contributed by atoms with Gasteiger partial charge in [0.1, 0.15) is 18.1 Å². The lowest BCUT2D eigenvalue weighted by atomic mass is 10.1. The molecule has 0 aliphatic carbocycles. The van der Waals surface area contributed by atoms with Crippen LogP contribution >= 0.6 is 0 Å². The summed E-state index contributed by atoms with van der Waals surface area (Å²) in [6.07, 6.45) is 2.05. The quantitative estimate of drug-likeness (QED) is 0.423. The van der Waals surface area contributed by atoms with Crippen molar-refractivity contribution in [2.75, 3.05) is 7.11 Å². The van der Waals surface area contributed by atoms with E-state index >= 15 is 0 Å². The van der Waals surface area contributed by atoms with Gasteiger partial charge in [0.15, 0.2) is 11.5 Å². The Morgan fingerprint density at radius 3 is 2.55 bits per heavy atom. The van der Waals surface area contributed by atoms with E-state index in [1.54, 1.807) is 36.2 Å². The number of aromatic nitrogens is 3. The fourth-order valence-electron chi connectivity index (χ4n) is 3.22. The molecule has 0 fully saturated rings. The number of benzene rings is 3. The Morgan fingerprint density at radius 2 is 1.79 bits per heavy atom. The fourth-order valence-corrected chi connectivity index (χ4v) is 3.22. The lowest BCUT2D eigenvalue weighted by Crippen LogP contribution is -2.24. The monoisotopic (exact) mass is 446 g/mol. The second-order valence-corrected chi connectivity index (χ2v) is 7.34. The first-order valence-electron chi connectivity index (χ1n) is 10.4. The maximum absolute atomic E-state index is 13.1. The van der Waals surface area contributed by atoms with Crippen molar-refractivity contribution in [1.29, 1.82) is 0 Å². The predicted octanol–water partition coefficient (Wildman–Crippen LogP) is 3.85. The molecule has 0 bridgehead atoms. The number of methoxy groups -OCH3 is 1. The Bertz CT molecular complexity index is 1210. The van der Waals surface area contributed by atoms with Gasteiger partial charge in [-0.3, -0.25) is 4.79 Å². The van der Waals surface area contributed by atoms with Crippen molar-refractivity contribution in [3.8, 4) is 17.2 Å². The van der Waals surface area contributed by atoms with Crippen LogP contribution in [0.5, 0.6) is 11.5 Å². The number of carbonyl (C=O) groups excluding carboxylic acids is 1. The summed E-state index contributed by atoms with van der Waals surface area (Å²) >= 11 is 0. The summed E-state index contributed by atoms with van der Waals surface area (Å²) < 4.78 is 25.9. The largest absolute Gasteiger partial charge is 0.493 e. The van der Waals surface area contributed by atoms with Gasteiger partial charge in [-0.1, -0.05) is 41.6 Å². The van der Waals surface area contributed by atoms with Crippen LogP contribution in [0.3, 0.4) is 0 Å². The van der Waals surface area contributed by atoms with Gasteiger partial charge in [-0.15, -0.1) is 5.10 Å². The Balaban J connectivity index is 1.33. The lowest BCUT2D eigenvalue weighted by molar-refractivity contribution is -0.120. The van der Waals surface area contributed by atoms with Gasteiger partial charge >= 0.3 is 0 Å². The van der Waals surface area contributed by atoms with E-state index in [-0.39, 0.29) is 18.3 Å². The van der Waals surface area contributed by atoms with E-state index in [9.17, 15) is 9.18 Å². The van der Waals surface area contributed by atoms with Crippen molar-refractivity contribution in [3.63, 3.8) is 0 Å². The number of hydrogen-bond donors (Lipinski definition) is 1. The first kappa shape index (κ1) is 22.0. The molecule has 8 heteroatoms. The van der Waals surface area contributed by atoms with E-state index in [1.165, 1.54) is 12.1 Å². The number of ether oxygens (including phenoxy) is 2. The second-order valence-electron chi connectivity index (χ2n) is 7.34. The molecular weight excluding hydrogens is 423 g/mol. The molecule has 7 nitrogen and oxygen atoms in total. The zero-order valence-corrected chi connectivity index (χ0v) is 18.1. The molecule has 0 spiro atoms. The Hall–Kier alpha value is -4.20. The van der Waals surface area contributed by atoms with E-state index < -0.39 is 0 Å². The van der Waals surface area contributed by atoms with Crippen LogP contribution in [0.2, 0.25) is 0 Å². The molecule has 33 heavy (non-hydrogen) atoms. The molecule has 1 N–H and O–H groups in total. The van der Waals surface area contributed by atoms with Crippen LogP contribution in [0.15, 0.2) is 79.0 Å². The molecule has 1 amide bonds. The smallest absolute Gasteiger partial charge is 0.224 e. The number of amides is 1. The Kier molecular flexibility index (Phi) is 6.94. The Morgan fingerprint density at radius 1 is 1.00 bits per heavy atom. The van der Waals surface area contributed by atoms with E-state index in [0.717, 1.165) is 11.1 Å². The zero-order valence-electron chi connectivity index (χ0n) is 18.1. The first-order chi connectivity index (χ1) is 16.1. The van der Waals surface area contributed by atoms with Crippen LogP contribution in [0.1, 0.15) is 16.8 Å². The van der Waals surface area contributed by atoms with Gasteiger partial charge in [-0.2, -0.15) is 0 Å². The third-order valence-electron chi connectivity index (χ3n) is 4.93. The topological polar surface area (TPSA) is 78.3 Å². The summed E-state index contributed by atoms with van der Waals surface area (Å²) in [5, 5.41) is 11.1. The number of rotatable bonds is 9. The van der Waals surface area contributed by atoms with Crippen molar-refractivity contribution >= 4 is 5.91 Å². The molecule has 0 atom stereocenters. The SMILES string of the molecule is COc1cc(CNC(=O)Cc2ccccc2)ccc1OCc1cn(-c2ccc(F)cc2)nn1. The Labute approximate surface area is 190 Å². The molecule has 4 aromatic rings. The molecule has 0 aliphatic heterocycles. The molecular formula is C25H23FN4O3. The third-order valence-corrected chi connectivity index (χ3v) is 4.93. The van der Waals surface area contributed by atoms with Gasteiger partial charge in [0.2, 0.25) is 5.91 Å². The van der Waals surface area contributed by atoms with Gasteiger partial charge in [-0.05, 0) is 47.5 Å². The van der Waals surface area contributed by atoms with Crippen molar-refractivity contribution in [1.82, 2.24) is 20.3 Å². The highest BCUT2D eigenvalue weighted by Gasteiger charge is 2.10. The van der Waals surface area contributed by atoms with Gasteiger partial charge in [0.25, 0.3) is 0 Å². The highest BCUT2D eigenvalue weighted by molar-refractivity contribution is 5.78. The molecule has 0 unspecified atom stereocenters. The fraction of sp³-hybridized carbons (Fsp3) is 0.160. The van der Waals surface area contributed by atoms with E-state index in [1.807, 2.05) is 42.5 Å². The van der Waals surface area contributed by atoms with Crippen LogP contribution < -0.4 is 14.8 Å². The average Bonchev–Trinajstić information content (AvgIpc) is 3.32. The highest BCUT2D eigenvalue weighted by atomic mass is 19.1. The number of carbonyl (C=O) groups is 1. The molecule has 168 valence electrons. The van der Waals surface area contributed by atoms with Gasteiger partial charge < -0.3 is 14.8 Å². The summed E-state index contributed by atoms with van der Waals surface area (Å²) in [6.45, 7) is 0.568. The minimum atomic E-state index is -0.311. The van der Waals surface area contributed by atoms with Crippen LogP contribution in [0.25, 0.3) is 5.69 Å². The number of nitrogens with zero attached hydrogens (tertiary/aromatic N) is 3. The molecule has 3 aromatic carbocycles. The molecule has 4 rings (SSSR count). The van der Waals surface area contributed by atoms with Crippen molar-refractivity contribution in [2.45, 2.75) is 19.6 Å². The third kappa shape index (κ3) is 5.94. The summed E-state index contributed by atoms with van der Waals surface area (Å²) in [5.41, 5.74) is 3.17. The predicted molar refractivity (Wildman–Crippen MR) is 121 cm³/mol. The normalized spacial score (nSPS) is 10.6. The maximum atomic E-state index is 13.1.